The third-order valence-electron chi connectivity index (χ3n) is 4.64. The first-order chi connectivity index (χ1) is 13.5. The first-order valence-electron chi connectivity index (χ1n) is 9.75. The Kier molecular flexibility index (Phi) is 7.68. The lowest BCUT2D eigenvalue weighted by Gasteiger charge is -2.34. The minimum atomic E-state index is -0.575. The van der Waals surface area contributed by atoms with Crippen LogP contribution in [0.15, 0.2) is 22.7 Å². The molecule has 0 aliphatic carbocycles. The zero-order chi connectivity index (χ0) is 21.8. The SMILES string of the molecule is Cc1cc(Br)ccc1NC(=O)CN(C)C(=O)C1CCCN(C(=O)OC(C)(C)C)C1. The number of nitrogens with one attached hydrogen (secondary N) is 1. The molecule has 1 fully saturated rings. The lowest BCUT2D eigenvalue weighted by atomic mass is 9.97. The largest absolute Gasteiger partial charge is 0.444 e. The number of carbonyl (C=O) groups is 3. The predicted molar refractivity (Wildman–Crippen MR) is 116 cm³/mol. The smallest absolute Gasteiger partial charge is 0.410 e. The van der Waals surface area contributed by atoms with Crippen LogP contribution >= 0.6 is 15.9 Å². The average molecular weight is 468 g/mol. The van der Waals surface area contributed by atoms with Crippen molar-refractivity contribution in [1.82, 2.24) is 9.80 Å². The second-order valence-electron chi connectivity index (χ2n) is 8.47. The molecular weight excluding hydrogens is 438 g/mol. The van der Waals surface area contributed by atoms with Crippen molar-refractivity contribution >= 4 is 39.5 Å². The number of hydrogen-bond donors (Lipinski definition) is 1. The van der Waals surface area contributed by atoms with E-state index in [1.807, 2.05) is 45.9 Å². The van der Waals surface area contributed by atoms with Gasteiger partial charge in [0.15, 0.2) is 0 Å². The van der Waals surface area contributed by atoms with Crippen molar-refractivity contribution in [2.24, 2.45) is 5.92 Å². The molecule has 1 aliphatic rings. The molecule has 3 amide bonds. The van der Waals surface area contributed by atoms with Crippen molar-refractivity contribution in [3.63, 3.8) is 0 Å². The summed E-state index contributed by atoms with van der Waals surface area (Å²) >= 11 is 3.39. The highest BCUT2D eigenvalue weighted by molar-refractivity contribution is 9.10. The highest BCUT2D eigenvalue weighted by Gasteiger charge is 2.32. The number of ether oxygens (including phenoxy) is 1. The normalized spacial score (nSPS) is 16.9. The number of likely N-dealkylation sites (tertiary alicyclic amines) is 1. The summed E-state index contributed by atoms with van der Waals surface area (Å²) in [5.74, 6) is -0.726. The number of anilines is 1. The molecule has 0 bridgehead atoms. The van der Waals surface area contributed by atoms with E-state index in [-0.39, 0.29) is 24.3 Å². The molecule has 8 heteroatoms. The first kappa shape index (κ1) is 23.2. The lowest BCUT2D eigenvalue weighted by Crippen LogP contribution is -2.48. The molecule has 29 heavy (non-hydrogen) atoms. The summed E-state index contributed by atoms with van der Waals surface area (Å²) in [4.78, 5) is 40.5. The summed E-state index contributed by atoms with van der Waals surface area (Å²) in [7, 11) is 1.61. The summed E-state index contributed by atoms with van der Waals surface area (Å²) in [6.07, 6.45) is 1.02. The van der Waals surface area contributed by atoms with Gasteiger partial charge in [-0.05, 0) is 64.3 Å². The van der Waals surface area contributed by atoms with Crippen molar-refractivity contribution in [2.45, 2.75) is 46.1 Å². The Labute approximate surface area is 180 Å². The van der Waals surface area contributed by atoms with E-state index in [4.69, 9.17) is 4.74 Å². The molecule has 1 saturated heterocycles. The molecule has 0 radical (unpaired) electrons. The molecular formula is C21H30BrN3O4. The molecule has 160 valence electrons. The summed E-state index contributed by atoms with van der Waals surface area (Å²) in [6, 6.07) is 5.58. The quantitative estimate of drug-likeness (QED) is 0.729. The highest BCUT2D eigenvalue weighted by Crippen LogP contribution is 2.22. The Bertz CT molecular complexity index is 776. The second-order valence-corrected chi connectivity index (χ2v) is 9.38. The number of nitrogens with zero attached hydrogens (tertiary/aromatic N) is 2. The van der Waals surface area contributed by atoms with E-state index < -0.39 is 11.7 Å². The third kappa shape index (κ3) is 7.03. The van der Waals surface area contributed by atoms with Crippen LogP contribution in [-0.4, -0.2) is 60.0 Å². The average Bonchev–Trinajstić information content (AvgIpc) is 2.62. The standard InChI is InChI=1S/C21H30BrN3O4/c1-14-11-16(22)8-9-17(14)23-18(26)13-24(5)19(27)15-7-6-10-25(12-15)20(28)29-21(2,3)4/h8-9,11,15H,6-7,10,12-13H2,1-5H3,(H,23,26). The number of rotatable bonds is 4. The minimum absolute atomic E-state index is 0.0444. The Hall–Kier alpha value is -2.09. The number of halogens is 1. The monoisotopic (exact) mass is 467 g/mol. The number of aryl methyl sites for hydroxylation is 1. The fraction of sp³-hybridized carbons (Fsp3) is 0.571. The summed E-state index contributed by atoms with van der Waals surface area (Å²) in [6.45, 7) is 8.20. The van der Waals surface area contributed by atoms with Gasteiger partial charge in [-0.2, -0.15) is 0 Å². The fourth-order valence-electron chi connectivity index (χ4n) is 3.23. The van der Waals surface area contributed by atoms with Crippen LogP contribution < -0.4 is 5.32 Å². The van der Waals surface area contributed by atoms with Gasteiger partial charge in [0.05, 0.1) is 12.5 Å². The maximum absolute atomic E-state index is 12.8. The van der Waals surface area contributed by atoms with Crippen LogP contribution in [0.5, 0.6) is 0 Å². The van der Waals surface area contributed by atoms with E-state index >= 15 is 0 Å². The van der Waals surface area contributed by atoms with Gasteiger partial charge >= 0.3 is 6.09 Å². The molecule has 1 heterocycles. The van der Waals surface area contributed by atoms with Gasteiger partial charge in [-0.25, -0.2) is 4.79 Å². The van der Waals surface area contributed by atoms with Crippen LogP contribution in [0.2, 0.25) is 0 Å². The van der Waals surface area contributed by atoms with Gasteiger partial charge in [-0.15, -0.1) is 0 Å². The zero-order valence-electron chi connectivity index (χ0n) is 17.8. The van der Waals surface area contributed by atoms with Crippen molar-refractivity contribution in [2.75, 3.05) is 32.0 Å². The van der Waals surface area contributed by atoms with Gasteiger partial charge in [0.25, 0.3) is 0 Å². The molecule has 1 N–H and O–H groups in total. The summed E-state index contributed by atoms with van der Waals surface area (Å²) in [5, 5.41) is 2.84. The topological polar surface area (TPSA) is 79.0 Å². The molecule has 7 nitrogen and oxygen atoms in total. The first-order valence-corrected chi connectivity index (χ1v) is 10.5. The van der Waals surface area contributed by atoms with Gasteiger partial charge < -0.3 is 19.9 Å². The van der Waals surface area contributed by atoms with Crippen molar-refractivity contribution in [3.05, 3.63) is 28.2 Å². The van der Waals surface area contributed by atoms with E-state index in [1.54, 1.807) is 11.9 Å². The summed E-state index contributed by atoms with van der Waals surface area (Å²) in [5.41, 5.74) is 1.07. The van der Waals surface area contributed by atoms with Gasteiger partial charge in [-0.3, -0.25) is 9.59 Å². The Balaban J connectivity index is 1.91. The Morgan fingerprint density at radius 3 is 2.62 bits per heavy atom. The lowest BCUT2D eigenvalue weighted by molar-refractivity contribution is -0.138. The molecule has 1 aliphatic heterocycles. The van der Waals surface area contributed by atoms with Crippen LogP contribution in [0.25, 0.3) is 0 Å². The Morgan fingerprint density at radius 2 is 2.00 bits per heavy atom. The van der Waals surface area contributed by atoms with Crippen LogP contribution in [-0.2, 0) is 14.3 Å². The number of benzene rings is 1. The van der Waals surface area contributed by atoms with E-state index in [9.17, 15) is 14.4 Å². The highest BCUT2D eigenvalue weighted by atomic mass is 79.9. The maximum Gasteiger partial charge on any atom is 0.410 e. The number of amides is 3. The van der Waals surface area contributed by atoms with E-state index in [1.165, 1.54) is 4.90 Å². The van der Waals surface area contributed by atoms with Gasteiger partial charge in [0.2, 0.25) is 11.8 Å². The molecule has 1 unspecified atom stereocenters. The van der Waals surface area contributed by atoms with Crippen molar-refractivity contribution in [3.8, 4) is 0 Å². The van der Waals surface area contributed by atoms with Crippen molar-refractivity contribution in [1.29, 1.82) is 0 Å². The van der Waals surface area contributed by atoms with Crippen molar-refractivity contribution < 1.29 is 19.1 Å². The van der Waals surface area contributed by atoms with Gasteiger partial charge in [0, 0.05) is 30.3 Å². The van der Waals surface area contributed by atoms with Gasteiger partial charge in [0.1, 0.15) is 5.60 Å². The number of carbonyl (C=O) groups excluding carboxylic acids is 3. The molecule has 0 spiro atoms. The Morgan fingerprint density at radius 1 is 1.31 bits per heavy atom. The van der Waals surface area contributed by atoms with E-state index in [0.29, 0.717) is 25.2 Å². The summed E-state index contributed by atoms with van der Waals surface area (Å²) < 4.78 is 6.35. The number of hydrogen-bond acceptors (Lipinski definition) is 4. The van der Waals surface area contributed by atoms with Gasteiger partial charge in [-0.1, -0.05) is 15.9 Å². The maximum atomic E-state index is 12.8. The number of likely N-dealkylation sites (N-methyl/N-ethyl adjacent to an activating group) is 1. The molecule has 0 saturated carbocycles. The zero-order valence-corrected chi connectivity index (χ0v) is 19.3. The third-order valence-corrected chi connectivity index (χ3v) is 5.14. The molecule has 1 aromatic rings. The van der Waals surface area contributed by atoms with E-state index in [0.717, 1.165) is 16.5 Å². The molecule has 1 aromatic carbocycles. The molecule has 0 aromatic heterocycles. The second kappa shape index (κ2) is 9.61. The van der Waals surface area contributed by atoms with Crippen LogP contribution in [0.4, 0.5) is 10.5 Å². The van der Waals surface area contributed by atoms with Crippen LogP contribution in [0, 0.1) is 12.8 Å². The van der Waals surface area contributed by atoms with Crippen LogP contribution in [0.3, 0.4) is 0 Å². The number of piperidine rings is 1. The molecule has 2 rings (SSSR count). The van der Waals surface area contributed by atoms with E-state index in [2.05, 4.69) is 21.2 Å². The predicted octanol–water partition coefficient (Wildman–Crippen LogP) is 3.80. The fourth-order valence-corrected chi connectivity index (χ4v) is 3.71. The minimum Gasteiger partial charge on any atom is -0.444 e. The molecule has 1 atom stereocenters. The van der Waals surface area contributed by atoms with Crippen LogP contribution in [0.1, 0.15) is 39.2 Å².